The van der Waals surface area contributed by atoms with Gasteiger partial charge in [-0.3, -0.25) is 4.79 Å². The molecule has 6 nitrogen and oxygen atoms in total. The summed E-state index contributed by atoms with van der Waals surface area (Å²) in [5.41, 5.74) is 3.91. The van der Waals surface area contributed by atoms with Gasteiger partial charge in [-0.1, -0.05) is 30.3 Å². The Labute approximate surface area is 164 Å². The average Bonchev–Trinajstić information content (AvgIpc) is 3.13. The molecule has 0 aliphatic carbocycles. The number of aromatic nitrogens is 2. The van der Waals surface area contributed by atoms with E-state index in [1.165, 1.54) is 5.56 Å². The lowest BCUT2D eigenvalue weighted by molar-refractivity contribution is 0.0894. The zero-order valence-corrected chi connectivity index (χ0v) is 16.1. The fourth-order valence-electron chi connectivity index (χ4n) is 3.64. The highest BCUT2D eigenvalue weighted by atomic mass is 16.5. The summed E-state index contributed by atoms with van der Waals surface area (Å²) >= 11 is 0. The molecule has 0 spiro atoms. The molecule has 0 bridgehead atoms. The first-order valence-corrected chi connectivity index (χ1v) is 9.72. The first kappa shape index (κ1) is 18.5. The third-order valence-electron chi connectivity index (χ3n) is 5.11. The van der Waals surface area contributed by atoms with Crippen LogP contribution in [0.3, 0.4) is 0 Å². The Morgan fingerprint density at radius 1 is 1.14 bits per heavy atom. The first-order valence-electron chi connectivity index (χ1n) is 9.72. The number of anilines is 1. The van der Waals surface area contributed by atoms with E-state index in [1.54, 1.807) is 11.7 Å². The number of carbonyl (C=O) groups is 1. The van der Waals surface area contributed by atoms with Gasteiger partial charge in [0.1, 0.15) is 0 Å². The summed E-state index contributed by atoms with van der Waals surface area (Å²) in [7, 11) is 1.55. The van der Waals surface area contributed by atoms with Crippen LogP contribution in [-0.2, 0) is 11.2 Å². The largest absolute Gasteiger partial charge is 0.468 e. The number of methoxy groups -OCH3 is 1. The number of fused-ring (bicyclic) bond motifs is 1. The van der Waals surface area contributed by atoms with Crippen molar-refractivity contribution in [2.24, 2.45) is 0 Å². The van der Waals surface area contributed by atoms with Crippen LogP contribution in [0.25, 0.3) is 11.0 Å². The molecule has 6 heteroatoms. The number of nitrogens with zero attached hydrogens (tertiary/aromatic N) is 3. The molecule has 28 heavy (non-hydrogen) atoms. The molecule has 1 saturated heterocycles. The van der Waals surface area contributed by atoms with Gasteiger partial charge in [0.05, 0.1) is 31.4 Å². The second-order valence-corrected chi connectivity index (χ2v) is 6.94. The highest BCUT2D eigenvalue weighted by Gasteiger charge is 2.19. The highest BCUT2D eigenvalue weighted by molar-refractivity contribution is 5.93. The molecular weight excluding hydrogens is 354 g/mol. The van der Waals surface area contributed by atoms with Crippen LogP contribution in [0.5, 0.6) is 6.01 Å². The number of benzene rings is 2. The number of aryl methyl sites for hydroxylation is 1. The summed E-state index contributed by atoms with van der Waals surface area (Å²) in [5, 5.41) is 0. The molecule has 4 rings (SSSR count). The monoisotopic (exact) mass is 379 g/mol. The Morgan fingerprint density at radius 3 is 2.68 bits per heavy atom. The molecule has 0 atom stereocenters. The smallest absolute Gasteiger partial charge is 0.304 e. The van der Waals surface area contributed by atoms with Crippen molar-refractivity contribution in [1.82, 2.24) is 9.55 Å². The second kappa shape index (κ2) is 8.44. The molecule has 0 amide bonds. The maximum absolute atomic E-state index is 12.9. The third-order valence-corrected chi connectivity index (χ3v) is 5.11. The molecule has 0 N–H and O–H groups in total. The number of rotatable bonds is 6. The summed E-state index contributed by atoms with van der Waals surface area (Å²) in [4.78, 5) is 19.7. The van der Waals surface area contributed by atoms with Crippen LogP contribution in [0.1, 0.15) is 23.2 Å². The van der Waals surface area contributed by atoms with Gasteiger partial charge in [0.15, 0.2) is 0 Å². The van der Waals surface area contributed by atoms with Crippen LogP contribution >= 0.6 is 0 Å². The molecule has 1 aliphatic heterocycles. The molecule has 1 aromatic heterocycles. The molecule has 1 aliphatic rings. The maximum atomic E-state index is 12.9. The molecule has 2 heterocycles. The van der Waals surface area contributed by atoms with Gasteiger partial charge in [-0.05, 0) is 36.6 Å². The fourth-order valence-corrected chi connectivity index (χ4v) is 3.64. The predicted octanol–water partition coefficient (Wildman–Crippen LogP) is 3.54. The number of imidazole rings is 1. The molecule has 3 aromatic rings. The predicted molar refractivity (Wildman–Crippen MR) is 109 cm³/mol. The minimum atomic E-state index is 0.00871. The van der Waals surface area contributed by atoms with Crippen molar-refractivity contribution in [3.05, 3.63) is 54.1 Å². The van der Waals surface area contributed by atoms with Crippen molar-refractivity contribution in [1.29, 1.82) is 0 Å². The lowest BCUT2D eigenvalue weighted by Crippen LogP contribution is -2.36. The van der Waals surface area contributed by atoms with Gasteiger partial charge in [0.25, 0.3) is 0 Å². The average molecular weight is 379 g/mol. The Kier molecular flexibility index (Phi) is 5.58. The zero-order chi connectivity index (χ0) is 19.3. The van der Waals surface area contributed by atoms with E-state index in [9.17, 15) is 4.79 Å². The van der Waals surface area contributed by atoms with Crippen molar-refractivity contribution < 1.29 is 14.3 Å². The van der Waals surface area contributed by atoms with E-state index >= 15 is 0 Å². The van der Waals surface area contributed by atoms with E-state index in [1.807, 2.05) is 36.4 Å². The van der Waals surface area contributed by atoms with Gasteiger partial charge < -0.3 is 14.4 Å². The fraction of sp³-hybridized carbons (Fsp3) is 0.364. The van der Waals surface area contributed by atoms with E-state index in [4.69, 9.17) is 9.47 Å². The van der Waals surface area contributed by atoms with Crippen molar-refractivity contribution in [2.75, 3.05) is 38.3 Å². The van der Waals surface area contributed by atoms with Crippen LogP contribution in [0, 0.1) is 0 Å². The topological polar surface area (TPSA) is 56.6 Å². The number of morpholine rings is 1. The minimum absolute atomic E-state index is 0.00871. The molecule has 1 fully saturated rings. The Hall–Kier alpha value is -2.86. The minimum Gasteiger partial charge on any atom is -0.468 e. The normalized spacial score (nSPS) is 14.4. The van der Waals surface area contributed by atoms with Gasteiger partial charge >= 0.3 is 6.01 Å². The molecular formula is C22H25N3O3. The SMILES string of the molecule is COc1nc2cc(N3CCOCC3)ccc2n1C(=O)CCCc1ccccc1. The van der Waals surface area contributed by atoms with Gasteiger partial charge in [0, 0.05) is 25.2 Å². The van der Waals surface area contributed by atoms with Crippen LogP contribution in [0.15, 0.2) is 48.5 Å². The standard InChI is InChI=1S/C22H25N3O3/c1-27-22-23-19-16-18(24-12-14-28-15-13-24)10-11-20(19)25(22)21(26)9-5-8-17-6-3-2-4-7-17/h2-4,6-7,10-11,16H,5,8-9,12-15H2,1H3. The Bertz CT molecular complexity index is 946. The summed E-state index contributed by atoms with van der Waals surface area (Å²) < 4.78 is 12.4. The van der Waals surface area contributed by atoms with Crippen molar-refractivity contribution in [2.45, 2.75) is 19.3 Å². The van der Waals surface area contributed by atoms with Crippen LogP contribution in [-0.4, -0.2) is 48.9 Å². The quantitative estimate of drug-likeness (QED) is 0.656. The second-order valence-electron chi connectivity index (χ2n) is 6.94. The molecule has 0 saturated carbocycles. The van der Waals surface area contributed by atoms with Gasteiger partial charge in [-0.2, -0.15) is 4.98 Å². The van der Waals surface area contributed by atoms with E-state index in [0.717, 1.165) is 55.9 Å². The van der Waals surface area contributed by atoms with Crippen LogP contribution in [0.4, 0.5) is 5.69 Å². The van der Waals surface area contributed by atoms with Crippen molar-refractivity contribution in [3.63, 3.8) is 0 Å². The van der Waals surface area contributed by atoms with Gasteiger partial charge in [0.2, 0.25) is 5.91 Å². The molecule has 0 radical (unpaired) electrons. The number of carbonyl (C=O) groups excluding carboxylic acids is 1. The molecule has 2 aromatic carbocycles. The molecule has 0 unspecified atom stereocenters. The number of hydrogen-bond acceptors (Lipinski definition) is 5. The van der Waals surface area contributed by atoms with E-state index in [-0.39, 0.29) is 5.91 Å². The van der Waals surface area contributed by atoms with Gasteiger partial charge in [-0.15, -0.1) is 0 Å². The van der Waals surface area contributed by atoms with Crippen LogP contribution < -0.4 is 9.64 Å². The zero-order valence-electron chi connectivity index (χ0n) is 16.1. The summed E-state index contributed by atoms with van der Waals surface area (Å²) in [6, 6.07) is 16.6. The summed E-state index contributed by atoms with van der Waals surface area (Å²) in [6.45, 7) is 3.19. The van der Waals surface area contributed by atoms with Crippen molar-refractivity contribution >= 4 is 22.6 Å². The van der Waals surface area contributed by atoms with Crippen LogP contribution in [0.2, 0.25) is 0 Å². The Balaban J connectivity index is 1.52. The highest BCUT2D eigenvalue weighted by Crippen LogP contribution is 2.27. The lowest BCUT2D eigenvalue weighted by atomic mass is 10.1. The van der Waals surface area contributed by atoms with E-state index in [0.29, 0.717) is 12.4 Å². The summed E-state index contributed by atoms with van der Waals surface area (Å²) in [5.74, 6) is 0.00871. The van der Waals surface area contributed by atoms with Gasteiger partial charge in [-0.25, -0.2) is 4.57 Å². The third kappa shape index (κ3) is 3.87. The summed E-state index contributed by atoms with van der Waals surface area (Å²) in [6.07, 6.45) is 2.11. The number of hydrogen-bond donors (Lipinski definition) is 0. The lowest BCUT2D eigenvalue weighted by Gasteiger charge is -2.28. The molecule has 146 valence electrons. The first-order chi connectivity index (χ1) is 13.8. The number of ether oxygens (including phenoxy) is 2. The van der Waals surface area contributed by atoms with E-state index in [2.05, 4.69) is 22.0 Å². The maximum Gasteiger partial charge on any atom is 0.304 e. The van der Waals surface area contributed by atoms with E-state index < -0.39 is 0 Å². The Morgan fingerprint density at radius 2 is 1.93 bits per heavy atom. The van der Waals surface area contributed by atoms with Crippen molar-refractivity contribution in [3.8, 4) is 6.01 Å².